The Morgan fingerprint density at radius 3 is 1.20 bits per heavy atom. The molecule has 0 radical (unpaired) electrons. The molecule has 0 bridgehead atoms. The first-order valence-electron chi connectivity index (χ1n) is 22.8. The monoisotopic (exact) mass is 1160 g/mol. The number of Topliss-reactive ketones (excluding diaryl/α,β-unsaturated/α-hetero) is 1. The number of esters is 1. The Labute approximate surface area is 454 Å². The zero-order valence-corrected chi connectivity index (χ0v) is 41.4. The molecule has 4 aromatic heterocycles. The first kappa shape index (κ1) is 59.5. The highest BCUT2D eigenvalue weighted by Crippen LogP contribution is 2.35. The van der Waals surface area contributed by atoms with Crippen LogP contribution in [0.15, 0.2) is 54.6 Å². The lowest BCUT2D eigenvalue weighted by Crippen LogP contribution is -2.21. The lowest BCUT2D eigenvalue weighted by atomic mass is 10.1. The number of H-pyrrole nitrogens is 2. The number of nitrogens with one attached hydrogen (secondary N) is 2. The van der Waals surface area contributed by atoms with Crippen molar-refractivity contribution in [2.24, 2.45) is 0 Å². The largest absolute Gasteiger partial charge is 0.465 e. The number of para-hydroxylation sites is 3. The number of ether oxygens (including phenoxy) is 1. The fourth-order valence-electron chi connectivity index (χ4n) is 7.27. The van der Waals surface area contributed by atoms with E-state index in [9.17, 15) is 87.7 Å². The lowest BCUT2D eigenvalue weighted by molar-refractivity contribution is -0.143. The molecule has 9 aromatic rings. The number of aromatic nitrogens is 10. The van der Waals surface area contributed by atoms with Gasteiger partial charge in [-0.1, -0.05) is 18.2 Å². The SMILES string of the molecule is CCOC(=O)C(C#N)c1nc(-c2c(F)c(F)c(F)c(F)c2F)nc(C(C#N)C(C)=O)n1.N#CC(c1nc(-c2c(F)c(F)c(F)c(F)c2F)nc(C(C#N)c2nc3c(F)cccc3[nH]2)n1)c1nc2c(F)cccc2[nH]1.Nc1cccc(F)c1N. The molecule has 4 heterocycles. The van der Waals surface area contributed by atoms with Gasteiger partial charge in [0.25, 0.3) is 0 Å². The number of aromatic amines is 2. The molecule has 0 spiro atoms. The van der Waals surface area contributed by atoms with Crippen molar-refractivity contribution in [3.05, 3.63) is 165 Å². The highest BCUT2D eigenvalue weighted by atomic mass is 19.2. The summed E-state index contributed by atoms with van der Waals surface area (Å²) in [6.07, 6.45) is 0. The van der Waals surface area contributed by atoms with Gasteiger partial charge < -0.3 is 26.2 Å². The van der Waals surface area contributed by atoms with Crippen LogP contribution in [-0.2, 0) is 14.3 Å². The fourth-order valence-corrected chi connectivity index (χ4v) is 7.27. The van der Waals surface area contributed by atoms with Gasteiger partial charge in [0.1, 0.15) is 28.5 Å². The maximum atomic E-state index is 14.9. The molecule has 4 atom stereocenters. The third-order valence-corrected chi connectivity index (χ3v) is 11.3. The molecular weight excluding hydrogens is 1130 g/mol. The molecule has 32 heteroatoms. The first-order chi connectivity index (χ1) is 39.4. The van der Waals surface area contributed by atoms with Crippen LogP contribution in [0.5, 0.6) is 0 Å². The van der Waals surface area contributed by atoms with Gasteiger partial charge in [-0.3, -0.25) is 9.59 Å². The van der Waals surface area contributed by atoms with Crippen LogP contribution in [0.25, 0.3) is 44.8 Å². The Balaban J connectivity index is 0.000000215. The number of hydrogen-bond acceptors (Lipinski definition) is 17. The van der Waals surface area contributed by atoms with Crippen molar-refractivity contribution in [2.75, 3.05) is 18.1 Å². The van der Waals surface area contributed by atoms with E-state index >= 15 is 0 Å². The van der Waals surface area contributed by atoms with Crippen molar-refractivity contribution in [1.82, 2.24) is 49.8 Å². The minimum absolute atomic E-state index is 0.0255. The van der Waals surface area contributed by atoms with E-state index in [-0.39, 0.29) is 51.7 Å². The van der Waals surface area contributed by atoms with Crippen LogP contribution in [0.3, 0.4) is 0 Å². The van der Waals surface area contributed by atoms with Gasteiger partial charge >= 0.3 is 5.97 Å². The Hall–Kier alpha value is -11.2. The van der Waals surface area contributed by atoms with Crippen molar-refractivity contribution in [1.29, 1.82) is 21.0 Å². The van der Waals surface area contributed by atoms with Gasteiger partial charge in [0.15, 0.2) is 117 Å². The molecule has 5 aromatic carbocycles. The molecule has 83 heavy (non-hydrogen) atoms. The second-order valence-corrected chi connectivity index (χ2v) is 16.5. The van der Waals surface area contributed by atoms with Crippen LogP contribution in [0.1, 0.15) is 72.5 Å². The number of nitrogen functional groups attached to an aromatic ring is 2. The van der Waals surface area contributed by atoms with Gasteiger partial charge in [0.2, 0.25) is 17.6 Å². The molecule has 0 aliphatic heterocycles. The van der Waals surface area contributed by atoms with Gasteiger partial charge in [0.05, 0.1) is 64.4 Å². The number of nitrogens with two attached hydrogens (primary N) is 2. The van der Waals surface area contributed by atoms with E-state index in [2.05, 4.69) is 54.6 Å². The molecule has 0 fully saturated rings. The van der Waals surface area contributed by atoms with Crippen LogP contribution in [0, 0.1) is 121 Å². The van der Waals surface area contributed by atoms with Crippen molar-refractivity contribution in [3.8, 4) is 47.1 Å². The molecule has 420 valence electrons. The van der Waals surface area contributed by atoms with Crippen molar-refractivity contribution >= 4 is 45.2 Å². The summed E-state index contributed by atoms with van der Waals surface area (Å²) in [6.45, 7) is 2.18. The third-order valence-electron chi connectivity index (χ3n) is 11.3. The van der Waals surface area contributed by atoms with Crippen LogP contribution in [-0.4, -0.2) is 68.2 Å². The number of fused-ring (bicyclic) bond motifs is 2. The second kappa shape index (κ2) is 24.5. The maximum Gasteiger partial charge on any atom is 0.331 e. The van der Waals surface area contributed by atoms with Gasteiger partial charge in [-0.2, -0.15) is 21.0 Å². The van der Waals surface area contributed by atoms with Gasteiger partial charge in [-0.05, 0) is 50.2 Å². The van der Waals surface area contributed by atoms with Gasteiger partial charge in [-0.15, -0.1) is 0 Å². The second-order valence-electron chi connectivity index (χ2n) is 16.5. The Bertz CT molecular complexity index is 4070. The van der Waals surface area contributed by atoms with E-state index < -0.39 is 157 Å². The number of halogens is 13. The number of carbonyl (C=O) groups excluding carboxylic acids is 2. The average molecular weight is 1160 g/mol. The number of nitriles is 4. The molecule has 0 amide bonds. The highest BCUT2D eigenvalue weighted by Gasteiger charge is 2.35. The summed E-state index contributed by atoms with van der Waals surface area (Å²) in [5.74, 6) is -39.9. The third kappa shape index (κ3) is 11.6. The predicted molar refractivity (Wildman–Crippen MR) is 256 cm³/mol. The van der Waals surface area contributed by atoms with Gasteiger partial charge in [-0.25, -0.2) is 96.9 Å². The zero-order chi connectivity index (χ0) is 60.9. The minimum atomic E-state index is -2.44. The molecule has 9 rings (SSSR count). The van der Waals surface area contributed by atoms with Crippen molar-refractivity contribution in [3.63, 3.8) is 0 Å². The maximum absolute atomic E-state index is 14.9. The van der Waals surface area contributed by atoms with Crippen LogP contribution < -0.4 is 11.5 Å². The quantitative estimate of drug-likeness (QED) is 0.0308. The fraction of sp³-hybridized carbons (Fsp3) is 0.137. The lowest BCUT2D eigenvalue weighted by Gasteiger charge is -2.13. The first-order valence-corrected chi connectivity index (χ1v) is 22.8. The van der Waals surface area contributed by atoms with Crippen LogP contribution in [0.4, 0.5) is 68.5 Å². The molecular formula is C51H27F13N16O3. The smallest absolute Gasteiger partial charge is 0.331 e. The molecule has 19 nitrogen and oxygen atoms in total. The summed E-state index contributed by atoms with van der Waals surface area (Å²) in [5, 5.41) is 38.5. The number of rotatable bonds is 11. The predicted octanol–water partition coefficient (Wildman–Crippen LogP) is 9.17. The Morgan fingerprint density at radius 1 is 0.494 bits per heavy atom. The highest BCUT2D eigenvalue weighted by molar-refractivity contribution is 5.85. The van der Waals surface area contributed by atoms with Crippen LogP contribution in [0.2, 0.25) is 0 Å². The topological polar surface area (TPSA) is 325 Å². The summed E-state index contributed by atoms with van der Waals surface area (Å²) < 4.78 is 187. The average Bonchev–Trinajstić information content (AvgIpc) is 3.20. The number of imidazole rings is 2. The van der Waals surface area contributed by atoms with Gasteiger partial charge in [0, 0.05) is 0 Å². The molecule has 0 aliphatic rings. The Kier molecular flexibility index (Phi) is 17.5. The van der Waals surface area contributed by atoms with E-state index in [1.807, 2.05) is 0 Å². The van der Waals surface area contributed by atoms with E-state index in [1.54, 1.807) is 18.2 Å². The normalized spacial score (nSPS) is 12.3. The molecule has 4 unspecified atom stereocenters. The summed E-state index contributed by atoms with van der Waals surface area (Å²) in [7, 11) is 0. The molecule has 0 saturated carbocycles. The van der Waals surface area contributed by atoms with Crippen molar-refractivity contribution < 1.29 is 71.4 Å². The summed E-state index contributed by atoms with van der Waals surface area (Å²) in [5.41, 5.74) is 7.55. The number of carbonyl (C=O) groups is 2. The van der Waals surface area contributed by atoms with Crippen molar-refractivity contribution in [2.45, 2.75) is 37.5 Å². The van der Waals surface area contributed by atoms with E-state index in [0.717, 1.165) is 19.1 Å². The summed E-state index contributed by atoms with van der Waals surface area (Å²) in [4.78, 5) is 59.5. The number of anilines is 2. The molecule has 6 N–H and O–H groups in total. The Morgan fingerprint density at radius 2 is 0.855 bits per heavy atom. The number of nitrogens with zero attached hydrogens (tertiary/aromatic N) is 12. The van der Waals surface area contributed by atoms with Crippen LogP contribution >= 0.6 is 0 Å². The molecule has 0 aliphatic carbocycles. The number of benzene rings is 5. The summed E-state index contributed by atoms with van der Waals surface area (Å²) >= 11 is 0. The van der Waals surface area contributed by atoms with E-state index in [1.165, 1.54) is 55.5 Å². The van der Waals surface area contributed by atoms with E-state index in [0.29, 0.717) is 0 Å². The minimum Gasteiger partial charge on any atom is -0.465 e. The number of ketones is 1. The number of hydrogen-bond donors (Lipinski definition) is 4. The van der Waals surface area contributed by atoms with E-state index in [4.69, 9.17) is 11.5 Å². The summed E-state index contributed by atoms with van der Waals surface area (Å²) in [6, 6.07) is 18.7. The standard InChI is InChI=1S/C27H10F7N9.C18H10F5N5O3.C6H7FN2/c28-11-3-1-5-13-21(11)39-23(37-13)9(7-35)25-41-26(10(8-36)24-38-14-6-2-4-12(29)22(14)40-24)43-27(42-25)15-16(30)18(32)20(34)19(33)17(15)31;1-3-31-18(30)8(5-25)16-26-15(7(4-24)6(2)29)27-17(28-16)9-10(19)12(21)14(23)13(22)11(9)20;7-4-2-1-3-5(8)6(4)9/h1-6,9-10H,(H,37,39)(H,38,40);7-8H,3H2,1-2H3;1-3H,8-9H2. The zero-order valence-electron chi connectivity index (χ0n) is 41.4. The molecule has 0 saturated heterocycles.